The maximum atomic E-state index is 13.2. The first-order chi connectivity index (χ1) is 14.0. The Morgan fingerprint density at radius 2 is 1.79 bits per heavy atom. The molecule has 29 heavy (non-hydrogen) atoms. The Hall–Kier alpha value is -2.93. The Labute approximate surface area is 169 Å². The summed E-state index contributed by atoms with van der Waals surface area (Å²) in [5.74, 6) is 0.0175. The van der Waals surface area contributed by atoms with Crippen molar-refractivity contribution < 1.29 is 18.7 Å². The maximum absolute atomic E-state index is 13.2. The largest absolute Gasteiger partial charge is 0.482 e. The van der Waals surface area contributed by atoms with Crippen LogP contribution in [0, 0.1) is 5.82 Å². The number of likely N-dealkylation sites (N-methyl/N-ethyl adjacent to an activating group) is 1. The number of hydrogen-bond acceptors (Lipinski definition) is 4. The van der Waals surface area contributed by atoms with Crippen molar-refractivity contribution in [2.24, 2.45) is 0 Å². The Morgan fingerprint density at radius 1 is 1.07 bits per heavy atom. The van der Waals surface area contributed by atoms with E-state index in [-0.39, 0.29) is 24.2 Å². The second-order valence-corrected chi connectivity index (χ2v) is 7.30. The summed E-state index contributed by atoms with van der Waals surface area (Å²) in [6, 6.07) is 11.3. The zero-order chi connectivity index (χ0) is 20.4. The van der Waals surface area contributed by atoms with E-state index >= 15 is 0 Å². The predicted octanol–water partition coefficient (Wildman–Crippen LogP) is 2.53. The summed E-state index contributed by atoms with van der Waals surface area (Å²) < 4.78 is 18.7. The average molecular weight is 397 g/mol. The summed E-state index contributed by atoms with van der Waals surface area (Å²) in [5.41, 5.74) is 1.92. The SMILES string of the molecule is CCN1CCN(C(=O)c2ccc3c(c2)N(Cc2ccc(F)cc2)C(=O)CO3)CC1. The number of ether oxygens (including phenoxy) is 1. The molecule has 0 spiro atoms. The van der Waals surface area contributed by atoms with Crippen molar-refractivity contribution in [1.82, 2.24) is 9.80 Å². The van der Waals surface area contributed by atoms with Gasteiger partial charge in [0.15, 0.2) is 6.61 Å². The maximum Gasteiger partial charge on any atom is 0.265 e. The molecular formula is C22H24FN3O3. The molecular weight excluding hydrogens is 373 g/mol. The standard InChI is InChI=1S/C22H24FN3O3/c1-2-24-9-11-25(12-10-24)22(28)17-5-8-20-19(13-17)26(21(27)15-29-20)14-16-3-6-18(23)7-4-16/h3-8,13H,2,9-12,14-15H2,1H3. The van der Waals surface area contributed by atoms with Crippen LogP contribution in [0.1, 0.15) is 22.8 Å². The van der Waals surface area contributed by atoms with Crippen molar-refractivity contribution in [3.05, 3.63) is 59.4 Å². The molecule has 0 bridgehead atoms. The minimum atomic E-state index is -0.321. The number of halogens is 1. The molecule has 0 radical (unpaired) electrons. The van der Waals surface area contributed by atoms with Crippen LogP contribution in [0.4, 0.5) is 10.1 Å². The second-order valence-electron chi connectivity index (χ2n) is 7.30. The summed E-state index contributed by atoms with van der Waals surface area (Å²) in [7, 11) is 0. The van der Waals surface area contributed by atoms with Crippen molar-refractivity contribution in [2.45, 2.75) is 13.5 Å². The van der Waals surface area contributed by atoms with Crippen LogP contribution < -0.4 is 9.64 Å². The minimum Gasteiger partial charge on any atom is -0.482 e. The number of amides is 2. The molecule has 2 aromatic carbocycles. The molecule has 1 fully saturated rings. The van der Waals surface area contributed by atoms with Crippen LogP contribution in [0.5, 0.6) is 5.75 Å². The van der Waals surface area contributed by atoms with Crippen LogP contribution in [0.25, 0.3) is 0 Å². The lowest BCUT2D eigenvalue weighted by molar-refractivity contribution is -0.121. The predicted molar refractivity (Wildman–Crippen MR) is 108 cm³/mol. The summed E-state index contributed by atoms with van der Waals surface area (Å²) in [6.45, 7) is 6.46. The van der Waals surface area contributed by atoms with E-state index in [1.807, 2.05) is 4.90 Å². The average Bonchev–Trinajstić information content (AvgIpc) is 2.76. The molecule has 2 heterocycles. The van der Waals surface area contributed by atoms with E-state index in [0.717, 1.165) is 25.2 Å². The molecule has 4 rings (SSSR count). The van der Waals surface area contributed by atoms with Crippen LogP contribution >= 0.6 is 0 Å². The lowest BCUT2D eigenvalue weighted by Gasteiger charge is -2.34. The van der Waals surface area contributed by atoms with Crippen molar-refractivity contribution in [3.63, 3.8) is 0 Å². The van der Waals surface area contributed by atoms with E-state index in [9.17, 15) is 14.0 Å². The fourth-order valence-electron chi connectivity index (χ4n) is 3.73. The van der Waals surface area contributed by atoms with E-state index < -0.39 is 0 Å². The number of benzene rings is 2. The van der Waals surface area contributed by atoms with Gasteiger partial charge >= 0.3 is 0 Å². The molecule has 0 aromatic heterocycles. The van der Waals surface area contributed by atoms with Crippen LogP contribution in [-0.4, -0.2) is 60.9 Å². The quantitative estimate of drug-likeness (QED) is 0.796. The van der Waals surface area contributed by atoms with Gasteiger partial charge in [-0.05, 0) is 42.4 Å². The fourth-order valence-corrected chi connectivity index (χ4v) is 3.73. The van der Waals surface area contributed by atoms with Gasteiger partial charge in [-0.3, -0.25) is 9.59 Å². The molecule has 152 valence electrons. The number of anilines is 1. The molecule has 1 saturated heterocycles. The van der Waals surface area contributed by atoms with Gasteiger partial charge in [0.1, 0.15) is 11.6 Å². The number of nitrogens with zero attached hydrogens (tertiary/aromatic N) is 3. The first-order valence-corrected chi connectivity index (χ1v) is 9.88. The van der Waals surface area contributed by atoms with Gasteiger partial charge in [0, 0.05) is 31.7 Å². The Balaban J connectivity index is 1.57. The lowest BCUT2D eigenvalue weighted by Crippen LogP contribution is -2.48. The highest BCUT2D eigenvalue weighted by Crippen LogP contribution is 2.34. The highest BCUT2D eigenvalue weighted by atomic mass is 19.1. The lowest BCUT2D eigenvalue weighted by atomic mass is 10.1. The first-order valence-electron chi connectivity index (χ1n) is 9.88. The van der Waals surface area contributed by atoms with Crippen LogP contribution in [-0.2, 0) is 11.3 Å². The Morgan fingerprint density at radius 3 is 2.48 bits per heavy atom. The monoisotopic (exact) mass is 397 g/mol. The minimum absolute atomic E-state index is 0.0386. The van der Waals surface area contributed by atoms with E-state index in [4.69, 9.17) is 4.74 Å². The summed E-state index contributed by atoms with van der Waals surface area (Å²) in [6.07, 6.45) is 0. The molecule has 0 N–H and O–H groups in total. The molecule has 0 unspecified atom stereocenters. The summed E-state index contributed by atoms with van der Waals surface area (Å²) >= 11 is 0. The van der Waals surface area contributed by atoms with Gasteiger partial charge in [-0.15, -0.1) is 0 Å². The molecule has 7 heteroatoms. The van der Waals surface area contributed by atoms with Gasteiger partial charge in [-0.25, -0.2) is 4.39 Å². The molecule has 2 aliphatic heterocycles. The van der Waals surface area contributed by atoms with Crippen LogP contribution in [0.2, 0.25) is 0 Å². The number of fused-ring (bicyclic) bond motifs is 1. The molecule has 6 nitrogen and oxygen atoms in total. The zero-order valence-corrected chi connectivity index (χ0v) is 16.4. The molecule has 0 aliphatic carbocycles. The number of piperazine rings is 1. The number of carbonyl (C=O) groups is 2. The first kappa shape index (κ1) is 19.4. The molecule has 0 atom stereocenters. The molecule has 2 aliphatic rings. The van der Waals surface area contributed by atoms with E-state index in [1.54, 1.807) is 35.2 Å². The third-order valence-corrected chi connectivity index (χ3v) is 5.51. The fraction of sp³-hybridized carbons (Fsp3) is 0.364. The molecule has 2 aromatic rings. The number of hydrogen-bond donors (Lipinski definition) is 0. The van der Waals surface area contributed by atoms with E-state index in [2.05, 4.69) is 11.8 Å². The van der Waals surface area contributed by atoms with Crippen LogP contribution in [0.3, 0.4) is 0 Å². The van der Waals surface area contributed by atoms with Crippen molar-refractivity contribution >= 4 is 17.5 Å². The molecule has 0 saturated carbocycles. The normalized spacial score (nSPS) is 17.1. The van der Waals surface area contributed by atoms with Gasteiger partial charge < -0.3 is 19.4 Å². The van der Waals surface area contributed by atoms with Crippen molar-refractivity contribution in [1.29, 1.82) is 0 Å². The summed E-state index contributed by atoms with van der Waals surface area (Å²) in [5, 5.41) is 0. The Kier molecular flexibility index (Phi) is 5.49. The summed E-state index contributed by atoms with van der Waals surface area (Å²) in [4.78, 5) is 31.3. The Bertz CT molecular complexity index is 908. The van der Waals surface area contributed by atoms with Gasteiger partial charge in [0.25, 0.3) is 11.8 Å². The number of rotatable bonds is 4. The van der Waals surface area contributed by atoms with Crippen LogP contribution in [0.15, 0.2) is 42.5 Å². The highest BCUT2D eigenvalue weighted by Gasteiger charge is 2.28. The smallest absolute Gasteiger partial charge is 0.265 e. The van der Waals surface area contributed by atoms with Crippen molar-refractivity contribution in [2.75, 3.05) is 44.2 Å². The highest BCUT2D eigenvalue weighted by molar-refractivity contribution is 6.01. The third-order valence-electron chi connectivity index (χ3n) is 5.51. The molecule has 2 amide bonds. The van der Waals surface area contributed by atoms with Gasteiger partial charge in [-0.2, -0.15) is 0 Å². The van der Waals surface area contributed by atoms with Gasteiger partial charge in [0.05, 0.1) is 12.2 Å². The second kappa shape index (κ2) is 8.21. The van der Waals surface area contributed by atoms with Gasteiger partial charge in [-0.1, -0.05) is 19.1 Å². The van der Waals surface area contributed by atoms with Crippen molar-refractivity contribution in [3.8, 4) is 5.75 Å². The van der Waals surface area contributed by atoms with E-state index in [1.165, 1.54) is 12.1 Å². The number of carbonyl (C=O) groups excluding carboxylic acids is 2. The third kappa shape index (κ3) is 4.10. The van der Waals surface area contributed by atoms with E-state index in [0.29, 0.717) is 36.6 Å². The topological polar surface area (TPSA) is 53.1 Å². The zero-order valence-electron chi connectivity index (χ0n) is 16.4. The van der Waals surface area contributed by atoms with Gasteiger partial charge in [0.2, 0.25) is 0 Å².